The number of hydrogen-bond acceptors (Lipinski definition) is 2. The van der Waals surface area contributed by atoms with Gasteiger partial charge in [-0.2, -0.15) is 5.10 Å². The van der Waals surface area contributed by atoms with Crippen molar-refractivity contribution in [1.82, 2.24) is 15.1 Å². The predicted molar refractivity (Wildman–Crippen MR) is 79.4 cm³/mol. The molecule has 0 fully saturated rings. The molecule has 1 unspecified atom stereocenters. The Kier molecular flexibility index (Phi) is 4.96. The summed E-state index contributed by atoms with van der Waals surface area (Å²) >= 11 is 6.23. The number of aryl methyl sites for hydroxylation is 2. The Bertz CT molecular complexity index is 620. The molecule has 0 aliphatic carbocycles. The molecular weight excluding hydrogens is 296 g/mol. The molecule has 0 saturated carbocycles. The van der Waals surface area contributed by atoms with Crippen molar-refractivity contribution in [1.29, 1.82) is 0 Å². The second kappa shape index (κ2) is 6.54. The fourth-order valence-electron chi connectivity index (χ4n) is 2.44. The number of hydrogen-bond donors (Lipinski definition) is 1. The molecule has 0 radical (unpaired) electrons. The lowest BCUT2D eigenvalue weighted by atomic mass is 9.99. The van der Waals surface area contributed by atoms with Crippen molar-refractivity contribution in [3.8, 4) is 0 Å². The molecule has 1 aromatic heterocycles. The first kappa shape index (κ1) is 15.9. The SMILES string of the molecule is CCNC(Cc1c(C)nn(C)c1Cl)c1cc(F)cc(F)c1. The van der Waals surface area contributed by atoms with E-state index in [4.69, 9.17) is 11.6 Å². The van der Waals surface area contributed by atoms with E-state index in [2.05, 4.69) is 10.4 Å². The van der Waals surface area contributed by atoms with Gasteiger partial charge in [0.2, 0.25) is 0 Å². The van der Waals surface area contributed by atoms with Crippen LogP contribution in [0.25, 0.3) is 0 Å². The van der Waals surface area contributed by atoms with Crippen LogP contribution in [0.3, 0.4) is 0 Å². The van der Waals surface area contributed by atoms with Crippen LogP contribution in [0.4, 0.5) is 8.78 Å². The molecule has 1 aromatic carbocycles. The van der Waals surface area contributed by atoms with Crippen LogP contribution in [-0.2, 0) is 13.5 Å². The topological polar surface area (TPSA) is 29.9 Å². The van der Waals surface area contributed by atoms with E-state index < -0.39 is 11.6 Å². The van der Waals surface area contributed by atoms with Crippen molar-refractivity contribution in [3.05, 3.63) is 51.8 Å². The van der Waals surface area contributed by atoms with Gasteiger partial charge in [-0.15, -0.1) is 0 Å². The fraction of sp³-hybridized carbons (Fsp3) is 0.400. The van der Waals surface area contributed by atoms with Crippen LogP contribution in [0.1, 0.15) is 29.8 Å². The van der Waals surface area contributed by atoms with Crippen LogP contribution < -0.4 is 5.32 Å². The van der Waals surface area contributed by atoms with Crippen molar-refractivity contribution in [3.63, 3.8) is 0 Å². The first-order chi connectivity index (χ1) is 9.92. The molecule has 21 heavy (non-hydrogen) atoms. The number of likely N-dealkylation sites (N-methyl/N-ethyl adjacent to an activating group) is 1. The summed E-state index contributed by atoms with van der Waals surface area (Å²) in [6.45, 7) is 4.50. The van der Waals surface area contributed by atoms with Crippen molar-refractivity contribution in [2.24, 2.45) is 7.05 Å². The molecule has 0 aliphatic rings. The summed E-state index contributed by atoms with van der Waals surface area (Å²) in [7, 11) is 1.77. The number of aromatic nitrogens is 2. The summed E-state index contributed by atoms with van der Waals surface area (Å²) in [4.78, 5) is 0. The van der Waals surface area contributed by atoms with Gasteiger partial charge in [0.05, 0.1) is 5.69 Å². The maximum atomic E-state index is 13.4. The van der Waals surface area contributed by atoms with Crippen molar-refractivity contribution < 1.29 is 8.78 Å². The van der Waals surface area contributed by atoms with E-state index in [-0.39, 0.29) is 6.04 Å². The largest absolute Gasteiger partial charge is 0.310 e. The van der Waals surface area contributed by atoms with Crippen LogP contribution in [-0.4, -0.2) is 16.3 Å². The molecule has 1 N–H and O–H groups in total. The summed E-state index contributed by atoms with van der Waals surface area (Å²) in [5.74, 6) is -1.16. The normalized spacial score (nSPS) is 12.7. The number of nitrogens with zero attached hydrogens (tertiary/aromatic N) is 2. The van der Waals surface area contributed by atoms with Gasteiger partial charge in [0.1, 0.15) is 16.8 Å². The van der Waals surface area contributed by atoms with E-state index in [1.54, 1.807) is 11.7 Å². The second-order valence-corrected chi connectivity index (χ2v) is 5.35. The molecule has 1 atom stereocenters. The quantitative estimate of drug-likeness (QED) is 0.915. The maximum Gasteiger partial charge on any atom is 0.130 e. The zero-order valence-electron chi connectivity index (χ0n) is 12.3. The third-order valence-corrected chi connectivity index (χ3v) is 3.89. The molecule has 3 nitrogen and oxygen atoms in total. The maximum absolute atomic E-state index is 13.4. The van der Waals surface area contributed by atoms with Gasteiger partial charge in [-0.1, -0.05) is 18.5 Å². The standard InChI is InChI=1S/C15H18ClF2N3/c1-4-19-14(10-5-11(17)7-12(18)6-10)8-13-9(2)20-21(3)15(13)16/h5-7,14,19H,4,8H2,1-3H3. The minimum absolute atomic E-state index is 0.222. The summed E-state index contributed by atoms with van der Waals surface area (Å²) in [6.07, 6.45) is 0.523. The van der Waals surface area contributed by atoms with E-state index in [1.807, 2.05) is 13.8 Å². The summed E-state index contributed by atoms with van der Waals surface area (Å²) < 4.78 is 28.4. The van der Waals surface area contributed by atoms with Crippen LogP contribution >= 0.6 is 11.6 Å². The summed E-state index contributed by atoms with van der Waals surface area (Å²) in [6, 6.07) is 3.33. The van der Waals surface area contributed by atoms with Gasteiger partial charge >= 0.3 is 0 Å². The van der Waals surface area contributed by atoms with Gasteiger partial charge in [-0.25, -0.2) is 8.78 Å². The average molecular weight is 314 g/mol. The lowest BCUT2D eigenvalue weighted by molar-refractivity contribution is 0.528. The van der Waals surface area contributed by atoms with Gasteiger partial charge in [0.15, 0.2) is 0 Å². The van der Waals surface area contributed by atoms with Crippen LogP contribution in [0.15, 0.2) is 18.2 Å². The first-order valence-corrected chi connectivity index (χ1v) is 7.17. The van der Waals surface area contributed by atoms with Gasteiger partial charge in [0, 0.05) is 24.7 Å². The lowest BCUT2D eigenvalue weighted by Gasteiger charge is -2.18. The molecule has 1 heterocycles. The van der Waals surface area contributed by atoms with Crippen molar-refractivity contribution in [2.45, 2.75) is 26.3 Å². The molecule has 0 amide bonds. The smallest absolute Gasteiger partial charge is 0.130 e. The third-order valence-electron chi connectivity index (χ3n) is 3.42. The van der Waals surface area contributed by atoms with Gasteiger partial charge in [0.25, 0.3) is 0 Å². The molecule has 2 aromatic rings. The Balaban J connectivity index is 2.35. The summed E-state index contributed by atoms with van der Waals surface area (Å²) in [5.41, 5.74) is 2.27. The zero-order valence-corrected chi connectivity index (χ0v) is 13.0. The third kappa shape index (κ3) is 3.60. The molecule has 2 rings (SSSR count). The summed E-state index contributed by atoms with van der Waals surface area (Å²) in [5, 5.41) is 8.05. The number of rotatable bonds is 5. The molecule has 0 spiro atoms. The molecule has 0 saturated heterocycles. The van der Waals surface area contributed by atoms with Crippen molar-refractivity contribution >= 4 is 11.6 Å². The average Bonchev–Trinajstić information content (AvgIpc) is 2.63. The Hall–Kier alpha value is -1.46. The predicted octanol–water partition coefficient (Wildman–Crippen LogP) is 3.55. The van der Waals surface area contributed by atoms with Gasteiger partial charge < -0.3 is 5.32 Å². The Morgan fingerprint density at radius 3 is 2.38 bits per heavy atom. The Morgan fingerprint density at radius 2 is 1.90 bits per heavy atom. The van der Waals surface area contributed by atoms with Crippen molar-refractivity contribution in [2.75, 3.05) is 6.54 Å². The fourth-order valence-corrected chi connectivity index (χ4v) is 2.69. The van der Waals surface area contributed by atoms with Crippen LogP contribution in [0.5, 0.6) is 0 Å². The van der Waals surface area contributed by atoms with Crippen LogP contribution in [0, 0.1) is 18.6 Å². The molecule has 0 bridgehead atoms. The molecule has 114 valence electrons. The zero-order chi connectivity index (χ0) is 15.6. The Morgan fingerprint density at radius 1 is 1.29 bits per heavy atom. The van der Waals surface area contributed by atoms with E-state index in [0.29, 0.717) is 23.7 Å². The highest BCUT2D eigenvalue weighted by atomic mass is 35.5. The Labute approximate surface area is 127 Å². The van der Waals surface area contributed by atoms with E-state index in [1.165, 1.54) is 12.1 Å². The number of nitrogens with one attached hydrogen (secondary N) is 1. The number of halogens is 3. The van der Waals surface area contributed by atoms with E-state index in [0.717, 1.165) is 17.3 Å². The molecule has 0 aliphatic heterocycles. The highest BCUT2D eigenvalue weighted by Gasteiger charge is 2.19. The van der Waals surface area contributed by atoms with Gasteiger partial charge in [-0.3, -0.25) is 4.68 Å². The highest BCUT2D eigenvalue weighted by Crippen LogP contribution is 2.26. The van der Waals surface area contributed by atoms with Gasteiger partial charge in [-0.05, 0) is 37.6 Å². The monoisotopic (exact) mass is 313 g/mol. The van der Waals surface area contributed by atoms with Crippen LogP contribution in [0.2, 0.25) is 5.15 Å². The lowest BCUT2D eigenvalue weighted by Crippen LogP contribution is -2.23. The molecule has 6 heteroatoms. The second-order valence-electron chi connectivity index (χ2n) is 5.00. The number of benzene rings is 1. The minimum atomic E-state index is -0.582. The van der Waals surface area contributed by atoms with E-state index >= 15 is 0 Å². The first-order valence-electron chi connectivity index (χ1n) is 6.79. The van der Waals surface area contributed by atoms with E-state index in [9.17, 15) is 8.78 Å². The highest BCUT2D eigenvalue weighted by molar-refractivity contribution is 6.30. The molecular formula is C15H18ClF2N3. The minimum Gasteiger partial charge on any atom is -0.310 e.